The molecule has 144 valence electrons. The number of aliphatic hydroxyl groups is 1. The number of carbonyl (C=O) groups excluding carboxylic acids is 1. The van der Waals surface area contributed by atoms with Crippen molar-refractivity contribution in [2.45, 2.75) is 37.9 Å². The Morgan fingerprint density at radius 3 is 2.69 bits per heavy atom. The van der Waals surface area contributed by atoms with Gasteiger partial charge >= 0.3 is 13.6 Å². The molecule has 1 aliphatic carbocycles. The van der Waals surface area contributed by atoms with Crippen LogP contribution in [-0.2, 0) is 29.6 Å². The Balaban J connectivity index is 1.82. The number of fused-ring (bicyclic) bond motifs is 3. The minimum atomic E-state index is -3.09. The SMILES string of the molecule is COP(=O)(CCc1cccc2c1O[C@H]1C[C@@H](OC(C)=O)[C@H](CO)[C@@H]21)OC. The maximum atomic E-state index is 12.3. The van der Waals surface area contributed by atoms with Crippen LogP contribution in [0.2, 0.25) is 0 Å². The van der Waals surface area contributed by atoms with Crippen LogP contribution in [0.25, 0.3) is 0 Å². The van der Waals surface area contributed by atoms with Crippen molar-refractivity contribution in [1.29, 1.82) is 0 Å². The van der Waals surface area contributed by atoms with E-state index >= 15 is 0 Å². The minimum Gasteiger partial charge on any atom is -0.489 e. The molecule has 26 heavy (non-hydrogen) atoms. The summed E-state index contributed by atoms with van der Waals surface area (Å²) in [6, 6.07) is 5.85. The van der Waals surface area contributed by atoms with Gasteiger partial charge in [-0.25, -0.2) is 0 Å². The first kappa shape index (κ1) is 19.4. The van der Waals surface area contributed by atoms with E-state index < -0.39 is 7.60 Å². The van der Waals surface area contributed by atoms with E-state index in [1.807, 2.05) is 18.2 Å². The second-order valence-electron chi connectivity index (χ2n) is 6.70. The van der Waals surface area contributed by atoms with Gasteiger partial charge < -0.3 is 23.6 Å². The molecule has 4 atom stereocenters. The number of ether oxygens (including phenoxy) is 2. The van der Waals surface area contributed by atoms with Gasteiger partial charge in [-0.2, -0.15) is 0 Å². The van der Waals surface area contributed by atoms with E-state index in [-0.39, 0.29) is 42.8 Å². The van der Waals surface area contributed by atoms with Gasteiger partial charge in [0.25, 0.3) is 0 Å². The van der Waals surface area contributed by atoms with Crippen LogP contribution in [0, 0.1) is 5.92 Å². The number of hydrogen-bond donors (Lipinski definition) is 1. The Bertz CT molecular complexity index is 711. The van der Waals surface area contributed by atoms with Gasteiger partial charge in [-0.15, -0.1) is 0 Å². The summed E-state index contributed by atoms with van der Waals surface area (Å²) in [4.78, 5) is 11.3. The molecule has 0 saturated heterocycles. The van der Waals surface area contributed by atoms with Crippen LogP contribution in [0.4, 0.5) is 0 Å². The van der Waals surface area contributed by atoms with Crippen LogP contribution in [0.5, 0.6) is 5.75 Å². The lowest BCUT2D eigenvalue weighted by Crippen LogP contribution is -2.26. The van der Waals surface area contributed by atoms with Crippen LogP contribution >= 0.6 is 7.60 Å². The smallest absolute Gasteiger partial charge is 0.330 e. The van der Waals surface area contributed by atoms with E-state index in [9.17, 15) is 14.5 Å². The number of rotatable bonds is 7. The molecule has 0 unspecified atom stereocenters. The van der Waals surface area contributed by atoms with Gasteiger partial charge in [0.05, 0.1) is 12.8 Å². The van der Waals surface area contributed by atoms with Crippen molar-refractivity contribution in [2.75, 3.05) is 27.0 Å². The first-order valence-corrected chi connectivity index (χ1v) is 10.4. The second kappa shape index (κ2) is 7.69. The first-order chi connectivity index (χ1) is 12.4. The van der Waals surface area contributed by atoms with Crippen LogP contribution in [0.1, 0.15) is 30.4 Å². The standard InChI is InChI=1S/C18H25O7P/c1-11(20)24-15-9-16-17(14(15)10-19)13-6-4-5-12(18(13)25-16)7-8-26(21,22-2)23-3/h4-6,14-17,19H,7-10H2,1-3H3/t14-,15+,16-,17+/m0/s1. The third-order valence-electron chi connectivity index (χ3n) is 5.30. The number of esters is 1. The third kappa shape index (κ3) is 3.54. The molecule has 8 heteroatoms. The summed E-state index contributed by atoms with van der Waals surface area (Å²) >= 11 is 0. The maximum Gasteiger partial charge on any atom is 0.330 e. The highest BCUT2D eigenvalue weighted by Crippen LogP contribution is 2.53. The molecule has 1 aromatic rings. The fourth-order valence-corrected chi connectivity index (χ4v) is 5.09. The van der Waals surface area contributed by atoms with E-state index in [0.29, 0.717) is 12.8 Å². The Kier molecular flexibility index (Phi) is 5.72. The van der Waals surface area contributed by atoms with Gasteiger partial charge in [0.2, 0.25) is 0 Å². The van der Waals surface area contributed by atoms with Crippen LogP contribution in [0.15, 0.2) is 18.2 Å². The molecule has 1 N–H and O–H groups in total. The molecule has 2 aliphatic rings. The Morgan fingerprint density at radius 1 is 1.35 bits per heavy atom. The largest absolute Gasteiger partial charge is 0.489 e. The van der Waals surface area contributed by atoms with Crippen LogP contribution in [-0.4, -0.2) is 50.3 Å². The average Bonchev–Trinajstić information content (AvgIpc) is 3.14. The molecule has 1 fully saturated rings. The molecule has 1 saturated carbocycles. The van der Waals surface area contributed by atoms with Gasteiger partial charge in [-0.3, -0.25) is 9.36 Å². The molecule has 3 rings (SSSR count). The van der Waals surface area contributed by atoms with Crippen molar-refractivity contribution < 1.29 is 33.0 Å². The molecule has 0 bridgehead atoms. The number of hydrogen-bond acceptors (Lipinski definition) is 7. The van der Waals surface area contributed by atoms with Crippen LogP contribution in [0.3, 0.4) is 0 Å². The van der Waals surface area contributed by atoms with Crippen LogP contribution < -0.4 is 4.74 Å². The predicted molar refractivity (Wildman–Crippen MR) is 94.5 cm³/mol. The highest BCUT2D eigenvalue weighted by molar-refractivity contribution is 7.53. The van der Waals surface area contributed by atoms with Crippen molar-refractivity contribution >= 4 is 13.6 Å². The maximum absolute atomic E-state index is 12.3. The molecule has 0 radical (unpaired) electrons. The summed E-state index contributed by atoms with van der Waals surface area (Å²) < 4.78 is 33.8. The monoisotopic (exact) mass is 384 g/mol. The summed E-state index contributed by atoms with van der Waals surface area (Å²) in [5.41, 5.74) is 1.94. The van der Waals surface area contributed by atoms with E-state index in [1.54, 1.807) is 0 Å². The molecule has 1 heterocycles. The summed E-state index contributed by atoms with van der Waals surface area (Å²) in [6.07, 6.45) is 0.835. The summed E-state index contributed by atoms with van der Waals surface area (Å²) in [6.45, 7) is 1.30. The zero-order chi connectivity index (χ0) is 18.9. The Hall–Kier alpha value is -1.40. The summed E-state index contributed by atoms with van der Waals surface area (Å²) in [5, 5.41) is 9.85. The van der Waals surface area contributed by atoms with Gasteiger partial charge in [0.15, 0.2) is 0 Å². The van der Waals surface area contributed by atoms with Crippen molar-refractivity contribution in [3.8, 4) is 5.75 Å². The predicted octanol–water partition coefficient (Wildman–Crippen LogP) is 2.50. The van der Waals surface area contributed by atoms with E-state index in [0.717, 1.165) is 16.9 Å². The number of para-hydroxylation sites is 1. The Morgan fingerprint density at radius 2 is 2.08 bits per heavy atom. The molecule has 1 aromatic carbocycles. The van der Waals surface area contributed by atoms with E-state index in [2.05, 4.69) is 0 Å². The number of aryl methyl sites for hydroxylation is 1. The molecule has 0 aromatic heterocycles. The molecule has 1 aliphatic heterocycles. The lowest BCUT2D eigenvalue weighted by molar-refractivity contribution is -0.148. The third-order valence-corrected chi connectivity index (χ3v) is 7.18. The number of carbonyl (C=O) groups is 1. The second-order valence-corrected chi connectivity index (χ2v) is 9.10. The minimum absolute atomic E-state index is 0.0176. The quantitative estimate of drug-likeness (QED) is 0.570. The van der Waals surface area contributed by atoms with Crippen molar-refractivity contribution in [1.82, 2.24) is 0 Å². The molecular weight excluding hydrogens is 359 g/mol. The Labute approximate surface area is 153 Å². The summed E-state index contributed by atoms with van der Waals surface area (Å²) in [7, 11) is -0.339. The fourth-order valence-electron chi connectivity index (χ4n) is 4.06. The molecular formula is C18H25O7P. The van der Waals surface area contributed by atoms with Gasteiger partial charge in [0, 0.05) is 45.0 Å². The highest BCUT2D eigenvalue weighted by atomic mass is 31.2. The van der Waals surface area contributed by atoms with Gasteiger partial charge in [-0.05, 0) is 12.0 Å². The van der Waals surface area contributed by atoms with Gasteiger partial charge in [-0.1, -0.05) is 18.2 Å². The zero-order valence-corrected chi connectivity index (χ0v) is 16.1. The van der Waals surface area contributed by atoms with Crippen molar-refractivity contribution in [3.63, 3.8) is 0 Å². The number of benzene rings is 1. The average molecular weight is 384 g/mol. The zero-order valence-electron chi connectivity index (χ0n) is 15.2. The fraction of sp³-hybridized carbons (Fsp3) is 0.611. The summed E-state index contributed by atoms with van der Waals surface area (Å²) in [5.74, 6) is 0.221. The number of aliphatic hydroxyl groups excluding tert-OH is 1. The lowest BCUT2D eigenvalue weighted by Gasteiger charge is -2.21. The first-order valence-electron chi connectivity index (χ1n) is 8.69. The normalized spacial score (nSPS) is 26.9. The van der Waals surface area contributed by atoms with Gasteiger partial charge in [0.1, 0.15) is 18.0 Å². The highest BCUT2D eigenvalue weighted by Gasteiger charge is 2.51. The van der Waals surface area contributed by atoms with Crippen molar-refractivity contribution in [3.05, 3.63) is 29.3 Å². The molecule has 0 spiro atoms. The van der Waals surface area contributed by atoms with E-state index in [1.165, 1.54) is 21.1 Å². The molecule has 0 amide bonds. The molecule has 7 nitrogen and oxygen atoms in total. The van der Waals surface area contributed by atoms with Crippen molar-refractivity contribution in [2.24, 2.45) is 5.92 Å². The lowest BCUT2D eigenvalue weighted by atomic mass is 9.87. The topological polar surface area (TPSA) is 91.3 Å². The van der Waals surface area contributed by atoms with E-state index in [4.69, 9.17) is 18.5 Å².